The molecule has 4 nitrogen and oxygen atoms in total. The summed E-state index contributed by atoms with van der Waals surface area (Å²) in [5.74, 6) is 0. The Balaban J connectivity index is 1.40. The van der Waals surface area contributed by atoms with E-state index in [1.54, 1.807) is 16.0 Å². The first-order valence-corrected chi connectivity index (χ1v) is 16.4. The van der Waals surface area contributed by atoms with Crippen molar-refractivity contribution >= 4 is 48.1 Å². The SMILES string of the molecule is CCC1(CC)C=C(C2c3cc4sc5ccccc5c4cc3-c3ccc4ccccc4[n+]32)[n+]2ccccc2-c2cc(C(F)(F)F)nn21. The van der Waals surface area contributed by atoms with Crippen molar-refractivity contribution in [2.75, 3.05) is 0 Å². The predicted octanol–water partition coefficient (Wildman–Crippen LogP) is 9.30. The number of para-hydroxylation sites is 1. The van der Waals surface area contributed by atoms with E-state index in [4.69, 9.17) is 0 Å². The van der Waals surface area contributed by atoms with Gasteiger partial charge in [-0.25, -0.2) is 4.68 Å². The van der Waals surface area contributed by atoms with Gasteiger partial charge in [0.2, 0.25) is 16.9 Å². The van der Waals surface area contributed by atoms with Crippen molar-refractivity contribution in [3.05, 3.63) is 121 Å². The van der Waals surface area contributed by atoms with Crippen molar-refractivity contribution in [1.29, 1.82) is 0 Å². The van der Waals surface area contributed by atoms with Crippen LogP contribution in [0, 0.1) is 0 Å². The minimum absolute atomic E-state index is 0.235. The maximum Gasteiger partial charge on any atom is 0.435 e. The summed E-state index contributed by atoms with van der Waals surface area (Å²) in [5, 5.41) is 7.88. The summed E-state index contributed by atoms with van der Waals surface area (Å²) in [5.41, 5.74) is 5.07. The molecule has 0 saturated carbocycles. The van der Waals surface area contributed by atoms with Crippen LogP contribution in [-0.4, -0.2) is 9.78 Å². The molecule has 0 bridgehead atoms. The average molecular weight is 631 g/mol. The Morgan fingerprint density at radius 1 is 0.826 bits per heavy atom. The molecule has 2 aliphatic rings. The molecule has 0 N–H and O–H groups in total. The van der Waals surface area contributed by atoms with Crippen molar-refractivity contribution in [3.63, 3.8) is 0 Å². The smallest absolute Gasteiger partial charge is 0.248 e. The first-order chi connectivity index (χ1) is 22.3. The zero-order valence-electron chi connectivity index (χ0n) is 25.2. The van der Waals surface area contributed by atoms with Gasteiger partial charge in [0.25, 0.3) is 11.7 Å². The molecule has 1 atom stereocenters. The van der Waals surface area contributed by atoms with Gasteiger partial charge in [0.1, 0.15) is 5.69 Å². The molecule has 1 unspecified atom stereocenters. The molecule has 46 heavy (non-hydrogen) atoms. The molecule has 4 aromatic heterocycles. The molecule has 0 aliphatic carbocycles. The number of rotatable bonds is 3. The molecule has 9 rings (SSSR count). The van der Waals surface area contributed by atoms with E-state index in [1.807, 2.05) is 38.2 Å². The fraction of sp³-hybridized carbons (Fsp3) is 0.184. The van der Waals surface area contributed by atoms with E-state index < -0.39 is 17.4 Å². The minimum Gasteiger partial charge on any atom is -0.248 e. The van der Waals surface area contributed by atoms with Gasteiger partial charge in [0, 0.05) is 67.5 Å². The molecular formula is C38H29F3N4S+2. The minimum atomic E-state index is -4.55. The van der Waals surface area contributed by atoms with Crippen LogP contribution in [-0.2, 0) is 11.7 Å². The number of nitrogens with zero attached hydrogens (tertiary/aromatic N) is 4. The number of benzene rings is 3. The van der Waals surface area contributed by atoms with Crippen molar-refractivity contribution in [1.82, 2.24) is 9.78 Å². The second-order valence-electron chi connectivity index (χ2n) is 12.2. The van der Waals surface area contributed by atoms with E-state index in [1.165, 1.54) is 37.4 Å². The van der Waals surface area contributed by atoms with E-state index in [0.717, 1.165) is 22.3 Å². The molecule has 3 aromatic carbocycles. The number of halogens is 3. The number of aromatic nitrogens is 4. The molecule has 2 aliphatic heterocycles. The van der Waals surface area contributed by atoms with Crippen molar-refractivity contribution in [3.8, 4) is 22.6 Å². The fourth-order valence-corrected chi connectivity index (χ4v) is 8.82. The van der Waals surface area contributed by atoms with Gasteiger partial charge in [0.05, 0.1) is 11.1 Å². The lowest BCUT2D eigenvalue weighted by Crippen LogP contribution is -2.48. The highest BCUT2D eigenvalue weighted by atomic mass is 32.1. The molecule has 0 spiro atoms. The van der Waals surface area contributed by atoms with Crippen molar-refractivity contribution < 1.29 is 22.3 Å². The van der Waals surface area contributed by atoms with Crippen molar-refractivity contribution in [2.45, 2.75) is 44.4 Å². The lowest BCUT2D eigenvalue weighted by Gasteiger charge is -2.29. The monoisotopic (exact) mass is 630 g/mol. The van der Waals surface area contributed by atoms with Gasteiger partial charge in [-0.2, -0.15) is 27.4 Å². The largest absolute Gasteiger partial charge is 0.435 e. The lowest BCUT2D eigenvalue weighted by molar-refractivity contribution is -0.689. The van der Waals surface area contributed by atoms with Crippen LogP contribution in [0.5, 0.6) is 0 Å². The van der Waals surface area contributed by atoms with Crippen LogP contribution in [0.2, 0.25) is 0 Å². The number of alkyl halides is 3. The van der Waals surface area contributed by atoms with Gasteiger partial charge in [0.15, 0.2) is 11.9 Å². The van der Waals surface area contributed by atoms with E-state index in [0.29, 0.717) is 24.2 Å². The summed E-state index contributed by atoms with van der Waals surface area (Å²) in [6.07, 6.45) is 0.791. The topological polar surface area (TPSA) is 25.6 Å². The summed E-state index contributed by atoms with van der Waals surface area (Å²) < 4.78 is 51.0. The second kappa shape index (κ2) is 9.59. The number of allylic oxidation sites excluding steroid dienone is 2. The summed E-state index contributed by atoms with van der Waals surface area (Å²) >= 11 is 1.80. The van der Waals surface area contributed by atoms with Gasteiger partial charge in [-0.15, -0.1) is 11.3 Å². The fourth-order valence-electron chi connectivity index (χ4n) is 7.68. The number of fused-ring (bicyclic) bond motifs is 11. The highest BCUT2D eigenvalue weighted by Gasteiger charge is 2.50. The quantitative estimate of drug-likeness (QED) is 0.179. The molecule has 7 aromatic rings. The maximum absolute atomic E-state index is 14.1. The Hall–Kier alpha value is -4.82. The van der Waals surface area contributed by atoms with E-state index in [2.05, 4.69) is 93.1 Å². The first-order valence-electron chi connectivity index (χ1n) is 15.6. The van der Waals surface area contributed by atoms with Crippen LogP contribution < -0.4 is 9.13 Å². The van der Waals surface area contributed by atoms with Crippen molar-refractivity contribution in [2.24, 2.45) is 0 Å². The number of pyridine rings is 2. The standard InChI is InChI=1S/C38H29F3N4S/c1-3-37(4-2)22-32(43-18-10-9-14-30(43)31-21-35(38(39,40)41)42-45(31)37)36-27-20-34-26(24-12-6-8-15-33(24)46-34)19-25(27)29-17-16-23-11-5-7-13-28(23)44(29)36/h5-22,36H,3-4H2,1-2H3/q+2. The highest BCUT2D eigenvalue weighted by Crippen LogP contribution is 2.47. The van der Waals surface area contributed by atoms with Crippen LogP contribution >= 0.6 is 11.3 Å². The first kappa shape index (κ1) is 27.5. The molecule has 0 fully saturated rings. The van der Waals surface area contributed by atoms with E-state index >= 15 is 0 Å². The van der Waals surface area contributed by atoms with E-state index in [9.17, 15) is 13.2 Å². The predicted molar refractivity (Wildman–Crippen MR) is 176 cm³/mol. The van der Waals surface area contributed by atoms with Crippen LogP contribution in [0.1, 0.15) is 44.0 Å². The Morgan fingerprint density at radius 2 is 1.61 bits per heavy atom. The third-order valence-electron chi connectivity index (χ3n) is 10.00. The second-order valence-corrected chi connectivity index (χ2v) is 13.3. The van der Waals surface area contributed by atoms with Gasteiger partial charge in [-0.05, 0) is 49.2 Å². The molecule has 226 valence electrons. The third kappa shape index (κ3) is 3.70. The van der Waals surface area contributed by atoms with Crippen LogP contribution in [0.15, 0.2) is 109 Å². The molecule has 8 heteroatoms. The Labute approximate surface area is 267 Å². The lowest BCUT2D eigenvalue weighted by atomic mass is 9.89. The summed E-state index contributed by atoms with van der Waals surface area (Å²) in [7, 11) is 0. The van der Waals surface area contributed by atoms with Crippen LogP contribution in [0.25, 0.3) is 59.4 Å². The summed E-state index contributed by atoms with van der Waals surface area (Å²) in [4.78, 5) is 0. The van der Waals surface area contributed by atoms with Gasteiger partial charge < -0.3 is 0 Å². The van der Waals surface area contributed by atoms with Crippen LogP contribution in [0.3, 0.4) is 0 Å². The molecule has 0 saturated heterocycles. The van der Waals surface area contributed by atoms with E-state index in [-0.39, 0.29) is 6.04 Å². The zero-order chi connectivity index (χ0) is 31.4. The number of hydrogen-bond donors (Lipinski definition) is 0. The molecule has 0 radical (unpaired) electrons. The van der Waals surface area contributed by atoms with Gasteiger partial charge in [-0.3, -0.25) is 0 Å². The number of thiophene rings is 1. The summed E-state index contributed by atoms with van der Waals surface area (Å²) in [6, 6.07) is 32.8. The normalized spacial score (nSPS) is 16.6. The number of hydrogen-bond acceptors (Lipinski definition) is 2. The Morgan fingerprint density at radius 3 is 2.43 bits per heavy atom. The average Bonchev–Trinajstić information content (AvgIpc) is 3.75. The van der Waals surface area contributed by atoms with Gasteiger partial charge in [-0.1, -0.05) is 44.2 Å². The van der Waals surface area contributed by atoms with Gasteiger partial charge >= 0.3 is 6.18 Å². The molecular weight excluding hydrogens is 602 g/mol. The Kier molecular flexibility index (Phi) is 5.73. The third-order valence-corrected chi connectivity index (χ3v) is 11.1. The molecule has 0 amide bonds. The Bertz CT molecular complexity index is 2410. The highest BCUT2D eigenvalue weighted by molar-refractivity contribution is 7.25. The maximum atomic E-state index is 14.1. The summed E-state index contributed by atoms with van der Waals surface area (Å²) in [6.45, 7) is 4.08. The molecule has 6 heterocycles. The van der Waals surface area contributed by atoms with Crippen LogP contribution in [0.4, 0.5) is 13.2 Å². The zero-order valence-corrected chi connectivity index (χ0v) is 26.0.